The molecule has 2 aromatic carbocycles. The van der Waals surface area contributed by atoms with E-state index in [0.717, 1.165) is 0 Å². The molecule has 0 unspecified atom stereocenters. The lowest BCUT2D eigenvalue weighted by atomic mass is 9.99. The molecule has 0 heterocycles. The van der Waals surface area contributed by atoms with Gasteiger partial charge >= 0.3 is 0 Å². The van der Waals surface area contributed by atoms with E-state index in [0.29, 0.717) is 0 Å². The fourth-order valence-corrected chi connectivity index (χ4v) is 3.72. The second kappa shape index (κ2) is 13.6. The molecule has 0 aliphatic carbocycles. The zero-order valence-electron chi connectivity index (χ0n) is 16.9. The van der Waals surface area contributed by atoms with Gasteiger partial charge in [-0.05, 0) is 54.9 Å². The van der Waals surface area contributed by atoms with Crippen molar-refractivity contribution >= 4 is 10.8 Å². The van der Waals surface area contributed by atoms with Gasteiger partial charge < -0.3 is 0 Å². The molecular formula is C26H38. The molecule has 0 aromatic heterocycles. The van der Waals surface area contributed by atoms with Crippen LogP contribution >= 0.6 is 0 Å². The van der Waals surface area contributed by atoms with Gasteiger partial charge in [-0.25, -0.2) is 0 Å². The summed E-state index contributed by atoms with van der Waals surface area (Å²) in [5.74, 6) is 0. The highest BCUT2D eigenvalue weighted by Crippen LogP contribution is 2.20. The molecule has 0 atom stereocenters. The van der Waals surface area contributed by atoms with Crippen LogP contribution in [-0.2, 0) is 6.42 Å². The Morgan fingerprint density at radius 3 is 2.00 bits per heavy atom. The van der Waals surface area contributed by atoms with E-state index in [-0.39, 0.29) is 0 Å². The van der Waals surface area contributed by atoms with Crippen LogP contribution < -0.4 is 0 Å². The number of allylic oxidation sites excluding steroid dienone is 2. The van der Waals surface area contributed by atoms with Crippen molar-refractivity contribution in [1.29, 1.82) is 0 Å². The van der Waals surface area contributed by atoms with Crippen molar-refractivity contribution in [2.45, 2.75) is 90.4 Å². The summed E-state index contributed by atoms with van der Waals surface area (Å²) in [6.45, 7) is 2.28. The number of hydrogen-bond donors (Lipinski definition) is 0. The van der Waals surface area contributed by atoms with E-state index in [1.807, 2.05) is 0 Å². The fourth-order valence-electron chi connectivity index (χ4n) is 3.72. The van der Waals surface area contributed by atoms with Crippen LogP contribution in [0.3, 0.4) is 0 Å². The van der Waals surface area contributed by atoms with Crippen molar-refractivity contribution in [2.24, 2.45) is 0 Å². The number of rotatable bonds is 14. The Morgan fingerprint density at radius 2 is 1.23 bits per heavy atom. The van der Waals surface area contributed by atoms with E-state index in [2.05, 4.69) is 61.5 Å². The summed E-state index contributed by atoms with van der Waals surface area (Å²) in [7, 11) is 0. The van der Waals surface area contributed by atoms with E-state index in [1.54, 1.807) is 0 Å². The van der Waals surface area contributed by atoms with Gasteiger partial charge in [0.2, 0.25) is 0 Å². The van der Waals surface area contributed by atoms with Gasteiger partial charge in [0, 0.05) is 0 Å². The number of unbranched alkanes of at least 4 members (excludes halogenated alkanes) is 10. The Morgan fingerprint density at radius 1 is 0.615 bits per heavy atom. The topological polar surface area (TPSA) is 0 Å². The minimum atomic E-state index is 1.22. The molecule has 0 nitrogen and oxygen atoms in total. The zero-order chi connectivity index (χ0) is 18.3. The van der Waals surface area contributed by atoms with Crippen LogP contribution in [0.2, 0.25) is 0 Å². The lowest BCUT2D eigenvalue weighted by Gasteiger charge is -2.06. The van der Waals surface area contributed by atoms with Gasteiger partial charge in [-0.15, -0.1) is 0 Å². The van der Waals surface area contributed by atoms with Crippen LogP contribution in [0.1, 0.15) is 89.5 Å². The van der Waals surface area contributed by atoms with Gasteiger partial charge in [-0.3, -0.25) is 0 Å². The Bertz CT molecular complexity index is 617. The molecule has 0 aliphatic rings. The first-order valence-electron chi connectivity index (χ1n) is 11.0. The maximum absolute atomic E-state index is 2.41. The molecule has 2 aromatic rings. The van der Waals surface area contributed by atoms with Crippen molar-refractivity contribution in [2.75, 3.05) is 0 Å². The zero-order valence-corrected chi connectivity index (χ0v) is 16.9. The highest BCUT2D eigenvalue weighted by Gasteiger charge is 2.00. The summed E-state index contributed by atoms with van der Waals surface area (Å²) in [4.78, 5) is 0. The molecule has 0 radical (unpaired) electrons. The Balaban J connectivity index is 1.46. The minimum Gasteiger partial charge on any atom is -0.0885 e. The lowest BCUT2D eigenvalue weighted by molar-refractivity contribution is 0.597. The van der Waals surface area contributed by atoms with Gasteiger partial charge in [-0.1, -0.05) is 106 Å². The average Bonchev–Trinajstić information content (AvgIpc) is 2.68. The van der Waals surface area contributed by atoms with Crippen molar-refractivity contribution in [3.63, 3.8) is 0 Å². The van der Waals surface area contributed by atoms with E-state index >= 15 is 0 Å². The van der Waals surface area contributed by atoms with Crippen molar-refractivity contribution in [1.82, 2.24) is 0 Å². The summed E-state index contributed by atoms with van der Waals surface area (Å²) in [5.41, 5.74) is 1.52. The van der Waals surface area contributed by atoms with Gasteiger partial charge in [0.1, 0.15) is 0 Å². The first kappa shape index (κ1) is 20.7. The van der Waals surface area contributed by atoms with Crippen LogP contribution in [0, 0.1) is 0 Å². The standard InChI is InChI=1S/C26H38/c1-2-3-4-5-6-7-8-9-10-11-12-13-14-15-19-24-21-18-22-25-20-16-17-23-26(24)25/h7-8,16-18,20-23H,2-6,9-15,19H2,1H3/b8-7+. The first-order valence-corrected chi connectivity index (χ1v) is 11.0. The summed E-state index contributed by atoms with van der Waals surface area (Å²) in [5, 5.41) is 2.82. The average molecular weight is 351 g/mol. The van der Waals surface area contributed by atoms with E-state index in [1.165, 1.54) is 99.8 Å². The lowest BCUT2D eigenvalue weighted by Crippen LogP contribution is -1.88. The molecule has 0 fully saturated rings. The predicted octanol–water partition coefficient (Wildman–Crippen LogP) is 8.64. The van der Waals surface area contributed by atoms with Crippen molar-refractivity contribution < 1.29 is 0 Å². The number of benzene rings is 2. The summed E-state index contributed by atoms with van der Waals surface area (Å²) >= 11 is 0. The van der Waals surface area contributed by atoms with Crippen LogP contribution in [0.15, 0.2) is 54.6 Å². The first-order chi connectivity index (χ1) is 12.9. The number of hydrogen-bond acceptors (Lipinski definition) is 0. The summed E-state index contributed by atoms with van der Waals surface area (Å²) in [6, 6.07) is 15.5. The molecule has 0 amide bonds. The Hall–Kier alpha value is -1.56. The quantitative estimate of drug-likeness (QED) is 0.236. The Kier molecular flexibility index (Phi) is 10.9. The van der Waals surface area contributed by atoms with Gasteiger partial charge in [-0.2, -0.15) is 0 Å². The monoisotopic (exact) mass is 350 g/mol. The Labute approximate surface area is 161 Å². The van der Waals surface area contributed by atoms with Gasteiger partial charge in [0.05, 0.1) is 0 Å². The SMILES string of the molecule is CCCCCC/C=C/CCCCCCCCc1cccc2ccccc12. The molecule has 0 spiro atoms. The van der Waals surface area contributed by atoms with Gasteiger partial charge in [0.15, 0.2) is 0 Å². The predicted molar refractivity (Wildman–Crippen MR) is 118 cm³/mol. The van der Waals surface area contributed by atoms with E-state index in [4.69, 9.17) is 0 Å². The van der Waals surface area contributed by atoms with Crippen LogP contribution in [0.4, 0.5) is 0 Å². The number of aryl methyl sites for hydroxylation is 1. The van der Waals surface area contributed by atoms with E-state index in [9.17, 15) is 0 Å². The molecule has 0 heteroatoms. The third kappa shape index (κ3) is 8.21. The minimum absolute atomic E-state index is 1.22. The maximum atomic E-state index is 2.41. The normalized spacial score (nSPS) is 11.6. The summed E-state index contributed by atoms with van der Waals surface area (Å²) in [6.07, 6.45) is 22.4. The third-order valence-corrected chi connectivity index (χ3v) is 5.34. The fraction of sp³-hybridized carbons (Fsp3) is 0.538. The highest BCUT2D eigenvalue weighted by atomic mass is 14.0. The van der Waals surface area contributed by atoms with Crippen LogP contribution in [0.25, 0.3) is 10.8 Å². The largest absolute Gasteiger partial charge is 0.0885 e. The van der Waals surface area contributed by atoms with Crippen LogP contribution in [-0.4, -0.2) is 0 Å². The van der Waals surface area contributed by atoms with E-state index < -0.39 is 0 Å². The molecule has 26 heavy (non-hydrogen) atoms. The number of fused-ring (bicyclic) bond motifs is 1. The maximum Gasteiger partial charge on any atom is -0.0152 e. The van der Waals surface area contributed by atoms with Crippen molar-refractivity contribution in [3.8, 4) is 0 Å². The second-order valence-electron chi connectivity index (χ2n) is 7.62. The molecule has 0 N–H and O–H groups in total. The second-order valence-corrected chi connectivity index (χ2v) is 7.62. The smallest absolute Gasteiger partial charge is 0.0152 e. The third-order valence-electron chi connectivity index (χ3n) is 5.34. The molecular weight excluding hydrogens is 312 g/mol. The molecule has 0 bridgehead atoms. The molecule has 0 saturated carbocycles. The molecule has 0 aliphatic heterocycles. The van der Waals surface area contributed by atoms with Crippen LogP contribution in [0.5, 0.6) is 0 Å². The highest BCUT2D eigenvalue weighted by molar-refractivity contribution is 5.85. The molecule has 142 valence electrons. The van der Waals surface area contributed by atoms with Crippen molar-refractivity contribution in [3.05, 3.63) is 60.2 Å². The molecule has 2 rings (SSSR count). The summed E-state index contributed by atoms with van der Waals surface area (Å²) < 4.78 is 0. The van der Waals surface area contributed by atoms with Gasteiger partial charge in [0.25, 0.3) is 0 Å². The molecule has 0 saturated heterocycles.